The molecule has 0 fully saturated rings. The number of pyridine rings is 1. The minimum absolute atomic E-state index is 0.977. The summed E-state index contributed by atoms with van der Waals surface area (Å²) in [5, 5.41) is 3.77. The Labute approximate surface area is 318 Å². The number of fused-ring (bicyclic) bond motifs is 4. The molecule has 0 aliphatic rings. The first-order valence-electron chi connectivity index (χ1n) is 18.3. The number of rotatable bonds is 7. The maximum atomic E-state index is 5.21. The van der Waals surface area contributed by atoms with Crippen molar-refractivity contribution in [1.82, 2.24) is 4.98 Å². The first-order chi connectivity index (χ1) is 26.8. The molecule has 3 heteroatoms. The van der Waals surface area contributed by atoms with Crippen LogP contribution in [0.1, 0.15) is 0 Å². The Kier molecular flexibility index (Phi) is 8.05. The molecule has 0 aliphatic heterocycles. The van der Waals surface area contributed by atoms with Crippen LogP contribution in [0.4, 0.5) is 17.1 Å². The van der Waals surface area contributed by atoms with Crippen LogP contribution in [0.3, 0.4) is 0 Å². The summed E-state index contributed by atoms with van der Waals surface area (Å²) in [4.78, 5) is 7.55. The molecule has 10 aromatic rings. The van der Waals surface area contributed by atoms with Crippen LogP contribution in [0, 0.1) is 0 Å². The van der Waals surface area contributed by atoms with Crippen LogP contribution >= 0.6 is 11.3 Å². The summed E-state index contributed by atoms with van der Waals surface area (Å²) in [6.45, 7) is 0. The van der Waals surface area contributed by atoms with Crippen molar-refractivity contribution in [1.29, 1.82) is 0 Å². The van der Waals surface area contributed by atoms with Gasteiger partial charge in [0.2, 0.25) is 0 Å². The van der Waals surface area contributed by atoms with E-state index in [-0.39, 0.29) is 0 Å². The lowest BCUT2D eigenvalue weighted by Crippen LogP contribution is -2.09. The van der Waals surface area contributed by atoms with Crippen molar-refractivity contribution in [2.75, 3.05) is 4.90 Å². The van der Waals surface area contributed by atoms with Gasteiger partial charge in [0.25, 0.3) is 0 Å². The fraction of sp³-hybridized carbons (Fsp3) is 0. The van der Waals surface area contributed by atoms with Gasteiger partial charge in [0.1, 0.15) is 0 Å². The SMILES string of the molecule is c1ccc(-c2ccc(N(c3ccc(-c4nc5ccccc5cc4-c4ccccc4)cc3)c3ccc(-c4cccc5c4sc4ccccc45)cc3)cc2)cc1. The molecule has 0 saturated heterocycles. The molecular formula is C51H34N2S. The fourth-order valence-corrected chi connectivity index (χ4v) is 8.83. The average Bonchev–Trinajstić information content (AvgIpc) is 3.64. The third-order valence-electron chi connectivity index (χ3n) is 10.3. The van der Waals surface area contributed by atoms with Gasteiger partial charge in [0, 0.05) is 53.7 Å². The van der Waals surface area contributed by atoms with E-state index >= 15 is 0 Å². The molecule has 0 unspecified atom stereocenters. The molecule has 0 N–H and O–H groups in total. The monoisotopic (exact) mass is 706 g/mol. The van der Waals surface area contributed by atoms with Crippen molar-refractivity contribution in [3.05, 3.63) is 206 Å². The molecule has 2 nitrogen and oxygen atoms in total. The summed E-state index contributed by atoms with van der Waals surface area (Å²) in [6.07, 6.45) is 0. The third-order valence-corrected chi connectivity index (χ3v) is 11.5. The quantitative estimate of drug-likeness (QED) is 0.164. The van der Waals surface area contributed by atoms with E-state index in [0.717, 1.165) is 50.3 Å². The van der Waals surface area contributed by atoms with Crippen molar-refractivity contribution in [2.45, 2.75) is 0 Å². The van der Waals surface area contributed by atoms with E-state index in [1.54, 1.807) is 0 Å². The zero-order valence-corrected chi connectivity index (χ0v) is 30.2. The number of thiophene rings is 1. The summed E-state index contributed by atoms with van der Waals surface area (Å²) in [7, 11) is 0. The minimum Gasteiger partial charge on any atom is -0.311 e. The van der Waals surface area contributed by atoms with Crippen LogP contribution in [0.5, 0.6) is 0 Å². The highest BCUT2D eigenvalue weighted by Gasteiger charge is 2.17. The van der Waals surface area contributed by atoms with Crippen LogP contribution in [0.25, 0.3) is 75.7 Å². The summed E-state index contributed by atoms with van der Waals surface area (Å²) in [6, 6.07) is 73.9. The highest BCUT2D eigenvalue weighted by Crippen LogP contribution is 2.42. The molecule has 0 atom stereocenters. The zero-order chi connectivity index (χ0) is 35.8. The lowest BCUT2D eigenvalue weighted by molar-refractivity contribution is 1.28. The van der Waals surface area contributed by atoms with Crippen LogP contribution in [-0.4, -0.2) is 4.98 Å². The lowest BCUT2D eigenvalue weighted by atomic mass is 9.97. The van der Waals surface area contributed by atoms with Gasteiger partial charge in [-0.05, 0) is 82.4 Å². The second-order valence-corrected chi connectivity index (χ2v) is 14.6. The van der Waals surface area contributed by atoms with Crippen molar-refractivity contribution >= 4 is 59.5 Å². The Morgan fingerprint density at radius 3 is 1.59 bits per heavy atom. The molecule has 2 aromatic heterocycles. The predicted octanol–water partition coefficient (Wildman–Crippen LogP) is 14.7. The predicted molar refractivity (Wildman–Crippen MR) is 231 cm³/mol. The molecule has 0 aliphatic carbocycles. The number of hydrogen-bond acceptors (Lipinski definition) is 3. The van der Waals surface area contributed by atoms with Crippen LogP contribution < -0.4 is 4.90 Å². The van der Waals surface area contributed by atoms with E-state index in [9.17, 15) is 0 Å². The maximum absolute atomic E-state index is 5.21. The molecule has 2 heterocycles. The molecule has 54 heavy (non-hydrogen) atoms. The Balaban J connectivity index is 1.06. The van der Waals surface area contributed by atoms with Gasteiger partial charge in [-0.3, -0.25) is 0 Å². The summed E-state index contributed by atoms with van der Waals surface area (Å²) >= 11 is 1.87. The van der Waals surface area contributed by atoms with Crippen molar-refractivity contribution < 1.29 is 0 Å². The number of para-hydroxylation sites is 1. The minimum atomic E-state index is 0.977. The summed E-state index contributed by atoms with van der Waals surface area (Å²) < 4.78 is 2.65. The number of hydrogen-bond donors (Lipinski definition) is 0. The van der Waals surface area contributed by atoms with Gasteiger partial charge in [-0.15, -0.1) is 11.3 Å². The lowest BCUT2D eigenvalue weighted by Gasteiger charge is -2.26. The van der Waals surface area contributed by atoms with E-state index < -0.39 is 0 Å². The van der Waals surface area contributed by atoms with Gasteiger partial charge in [-0.2, -0.15) is 0 Å². The Bertz CT molecular complexity index is 2900. The van der Waals surface area contributed by atoms with Gasteiger partial charge in [0.05, 0.1) is 11.2 Å². The maximum Gasteiger partial charge on any atom is 0.0788 e. The van der Waals surface area contributed by atoms with Gasteiger partial charge in [-0.25, -0.2) is 4.98 Å². The molecule has 0 spiro atoms. The molecule has 254 valence electrons. The number of aromatic nitrogens is 1. The summed E-state index contributed by atoms with van der Waals surface area (Å²) in [5.41, 5.74) is 13.5. The van der Waals surface area contributed by atoms with Gasteiger partial charge in [0.15, 0.2) is 0 Å². The highest BCUT2D eigenvalue weighted by molar-refractivity contribution is 7.26. The highest BCUT2D eigenvalue weighted by atomic mass is 32.1. The van der Waals surface area contributed by atoms with Crippen molar-refractivity contribution in [2.24, 2.45) is 0 Å². The molecule has 10 rings (SSSR count). The number of nitrogens with zero attached hydrogens (tertiary/aromatic N) is 2. The summed E-state index contributed by atoms with van der Waals surface area (Å²) in [5.74, 6) is 0. The molecule has 8 aromatic carbocycles. The van der Waals surface area contributed by atoms with Crippen LogP contribution in [0.15, 0.2) is 206 Å². The number of benzene rings is 8. The van der Waals surface area contributed by atoms with E-state index in [4.69, 9.17) is 4.98 Å². The van der Waals surface area contributed by atoms with Crippen LogP contribution in [0.2, 0.25) is 0 Å². The van der Waals surface area contributed by atoms with Crippen LogP contribution in [-0.2, 0) is 0 Å². The first kappa shape index (κ1) is 31.9. The van der Waals surface area contributed by atoms with Gasteiger partial charge >= 0.3 is 0 Å². The second kappa shape index (κ2) is 13.6. The topological polar surface area (TPSA) is 16.1 Å². The average molecular weight is 707 g/mol. The Morgan fingerprint density at radius 2 is 0.889 bits per heavy atom. The van der Waals surface area contributed by atoms with E-state index in [2.05, 4.69) is 211 Å². The third kappa shape index (κ3) is 5.81. The standard InChI is InChI=1S/C51H34N2S/c1-3-12-35(13-4-1)36-22-28-41(29-23-36)53(42-30-24-38(25-31-42)44-18-11-19-46-45-17-8-10-21-49(45)54-51(44)46)43-32-26-39(27-33-43)50-47(37-14-5-2-6-15-37)34-40-16-7-9-20-48(40)52-50/h1-34H. The van der Waals surface area contributed by atoms with Crippen molar-refractivity contribution in [3.8, 4) is 44.6 Å². The number of anilines is 3. The van der Waals surface area contributed by atoms with E-state index in [0.29, 0.717) is 0 Å². The molecule has 0 radical (unpaired) electrons. The Morgan fingerprint density at radius 1 is 0.370 bits per heavy atom. The smallest absolute Gasteiger partial charge is 0.0788 e. The zero-order valence-electron chi connectivity index (χ0n) is 29.4. The van der Waals surface area contributed by atoms with E-state index in [1.165, 1.54) is 42.4 Å². The van der Waals surface area contributed by atoms with Gasteiger partial charge < -0.3 is 4.90 Å². The normalized spacial score (nSPS) is 11.3. The largest absolute Gasteiger partial charge is 0.311 e. The fourth-order valence-electron chi connectivity index (χ4n) is 7.59. The molecule has 0 bridgehead atoms. The molecule has 0 amide bonds. The van der Waals surface area contributed by atoms with E-state index in [1.807, 2.05) is 11.3 Å². The molecule has 0 saturated carbocycles. The first-order valence-corrected chi connectivity index (χ1v) is 19.1. The second-order valence-electron chi connectivity index (χ2n) is 13.6. The molecular weight excluding hydrogens is 673 g/mol. The van der Waals surface area contributed by atoms with Gasteiger partial charge in [-0.1, -0.05) is 152 Å². The Hall–Kier alpha value is -6.81. The van der Waals surface area contributed by atoms with Crippen molar-refractivity contribution in [3.63, 3.8) is 0 Å².